The number of aromatic amines is 1. The first-order valence-corrected chi connectivity index (χ1v) is 5.04. The molecule has 8 nitrogen and oxygen atoms in total. The third-order valence-corrected chi connectivity index (χ3v) is 2.52. The molecule has 0 saturated heterocycles. The van der Waals surface area contributed by atoms with Crippen LogP contribution >= 0.6 is 0 Å². The first-order valence-electron chi connectivity index (χ1n) is 5.04. The van der Waals surface area contributed by atoms with Gasteiger partial charge in [0.25, 0.3) is 5.56 Å². The Bertz CT molecular complexity index is 632. The maximum atomic E-state index is 11.4. The lowest BCUT2D eigenvalue weighted by Crippen LogP contribution is -2.28. The number of carbonyl (C=O) groups excluding carboxylic acids is 1. The van der Waals surface area contributed by atoms with Crippen molar-refractivity contribution < 1.29 is 19.7 Å². The van der Waals surface area contributed by atoms with Crippen LogP contribution in [0.2, 0.25) is 0 Å². The summed E-state index contributed by atoms with van der Waals surface area (Å²) in [6, 6.07) is 1.34. The summed E-state index contributed by atoms with van der Waals surface area (Å²) in [5.74, 6) is -0.959. The number of esters is 1. The number of nitrogens with zero attached hydrogens (tertiary/aromatic N) is 2. The Kier molecular flexibility index (Phi) is 3.13. The molecule has 2 unspecified atom stereocenters. The van der Waals surface area contributed by atoms with Crippen LogP contribution in [0.1, 0.15) is 11.7 Å². The van der Waals surface area contributed by atoms with Crippen molar-refractivity contribution in [3.63, 3.8) is 0 Å². The summed E-state index contributed by atoms with van der Waals surface area (Å²) in [4.78, 5) is 24.9. The molecule has 2 rings (SSSR count). The maximum absolute atomic E-state index is 11.4. The van der Waals surface area contributed by atoms with Crippen molar-refractivity contribution in [3.05, 3.63) is 34.5 Å². The van der Waals surface area contributed by atoms with Crippen molar-refractivity contribution in [2.45, 2.75) is 12.2 Å². The first kappa shape index (κ1) is 12.3. The van der Waals surface area contributed by atoms with Gasteiger partial charge in [-0.05, 0) is 6.07 Å². The van der Waals surface area contributed by atoms with Gasteiger partial charge in [-0.1, -0.05) is 0 Å². The van der Waals surface area contributed by atoms with Crippen molar-refractivity contribution in [1.82, 2.24) is 14.6 Å². The zero-order valence-corrected chi connectivity index (χ0v) is 9.40. The van der Waals surface area contributed by atoms with E-state index in [4.69, 9.17) is 0 Å². The molecule has 0 aliphatic rings. The molecule has 0 bridgehead atoms. The molecule has 2 atom stereocenters. The van der Waals surface area contributed by atoms with E-state index in [1.807, 2.05) is 0 Å². The number of ether oxygens (including phenoxy) is 1. The molecule has 0 aromatic carbocycles. The zero-order chi connectivity index (χ0) is 13.3. The number of aliphatic hydroxyl groups excluding tert-OH is 2. The molecule has 0 saturated carbocycles. The fourth-order valence-corrected chi connectivity index (χ4v) is 1.55. The Morgan fingerprint density at radius 1 is 1.56 bits per heavy atom. The summed E-state index contributed by atoms with van der Waals surface area (Å²) < 4.78 is 5.55. The van der Waals surface area contributed by atoms with Crippen LogP contribution in [-0.4, -0.2) is 44.0 Å². The van der Waals surface area contributed by atoms with Gasteiger partial charge in [0.2, 0.25) is 0 Å². The van der Waals surface area contributed by atoms with Gasteiger partial charge in [0.05, 0.1) is 7.11 Å². The van der Waals surface area contributed by atoms with Crippen molar-refractivity contribution in [2.75, 3.05) is 7.11 Å². The number of aliphatic hydroxyl groups is 2. The quantitative estimate of drug-likeness (QED) is 0.578. The van der Waals surface area contributed by atoms with Gasteiger partial charge in [-0.2, -0.15) is 5.10 Å². The van der Waals surface area contributed by atoms with Gasteiger partial charge >= 0.3 is 5.97 Å². The third-order valence-electron chi connectivity index (χ3n) is 2.52. The smallest absolute Gasteiger partial charge is 0.337 e. The molecule has 2 aromatic heterocycles. The number of methoxy groups -OCH3 is 1. The van der Waals surface area contributed by atoms with Gasteiger partial charge < -0.3 is 19.9 Å². The van der Waals surface area contributed by atoms with Gasteiger partial charge in [0.15, 0.2) is 6.10 Å². The average Bonchev–Trinajstić information content (AvgIpc) is 2.81. The summed E-state index contributed by atoms with van der Waals surface area (Å²) >= 11 is 0. The second-order valence-corrected chi connectivity index (χ2v) is 3.63. The molecule has 2 aromatic rings. The van der Waals surface area contributed by atoms with Crippen LogP contribution in [0.15, 0.2) is 23.4 Å². The standard InChI is InChI=1S/C10H11N3O5/c1-18-10(17)8(15)7(14)5-2-6-9(16)11-4-12-13(6)3-5/h2-4,7-8,14-15H,1H3,(H,11,12,16). The number of hydrogen-bond acceptors (Lipinski definition) is 6. The summed E-state index contributed by atoms with van der Waals surface area (Å²) in [5, 5.41) is 23.1. The second kappa shape index (κ2) is 4.59. The van der Waals surface area contributed by atoms with E-state index in [-0.39, 0.29) is 11.1 Å². The van der Waals surface area contributed by atoms with E-state index in [9.17, 15) is 19.8 Å². The molecule has 0 spiro atoms. The molecule has 18 heavy (non-hydrogen) atoms. The van der Waals surface area contributed by atoms with Crippen LogP contribution < -0.4 is 5.56 Å². The number of hydrogen-bond donors (Lipinski definition) is 3. The molecular formula is C10H11N3O5. The molecule has 0 aliphatic heterocycles. The van der Waals surface area contributed by atoms with Crippen molar-refractivity contribution in [2.24, 2.45) is 0 Å². The Morgan fingerprint density at radius 2 is 2.28 bits per heavy atom. The molecule has 0 aliphatic carbocycles. The van der Waals surface area contributed by atoms with E-state index in [1.165, 1.54) is 23.1 Å². The van der Waals surface area contributed by atoms with E-state index in [2.05, 4.69) is 14.8 Å². The van der Waals surface area contributed by atoms with Crippen LogP contribution in [0.3, 0.4) is 0 Å². The number of carbonyl (C=O) groups is 1. The van der Waals surface area contributed by atoms with Crippen LogP contribution in [0, 0.1) is 0 Å². The Labute approximate surface area is 100 Å². The number of nitrogens with one attached hydrogen (secondary N) is 1. The predicted molar refractivity (Wildman–Crippen MR) is 58.8 cm³/mol. The van der Waals surface area contributed by atoms with Gasteiger partial charge in [-0.25, -0.2) is 9.31 Å². The first-order chi connectivity index (χ1) is 8.54. The molecular weight excluding hydrogens is 242 g/mol. The minimum atomic E-state index is -1.72. The highest BCUT2D eigenvalue weighted by Crippen LogP contribution is 2.19. The lowest BCUT2D eigenvalue weighted by atomic mass is 10.1. The predicted octanol–water partition coefficient (Wildman–Crippen LogP) is -1.41. The van der Waals surface area contributed by atoms with E-state index in [0.29, 0.717) is 0 Å². The fraction of sp³-hybridized carbons (Fsp3) is 0.300. The van der Waals surface area contributed by atoms with Crippen LogP contribution in [-0.2, 0) is 9.53 Å². The fourth-order valence-electron chi connectivity index (χ4n) is 1.55. The van der Waals surface area contributed by atoms with Crippen molar-refractivity contribution in [3.8, 4) is 0 Å². The Balaban J connectivity index is 2.40. The van der Waals surface area contributed by atoms with Crippen molar-refractivity contribution in [1.29, 1.82) is 0 Å². The monoisotopic (exact) mass is 253 g/mol. The van der Waals surface area contributed by atoms with Crippen LogP contribution in [0.25, 0.3) is 5.52 Å². The lowest BCUT2D eigenvalue weighted by Gasteiger charge is -2.13. The SMILES string of the molecule is COC(=O)C(O)C(O)c1cc2c(=O)[nH]cnn2c1. The van der Waals surface area contributed by atoms with E-state index < -0.39 is 23.7 Å². The van der Waals surface area contributed by atoms with Gasteiger partial charge in [0, 0.05) is 11.8 Å². The molecule has 96 valence electrons. The topological polar surface area (TPSA) is 117 Å². The summed E-state index contributed by atoms with van der Waals surface area (Å²) in [6.07, 6.45) is -0.658. The number of H-pyrrole nitrogens is 1. The Hall–Kier alpha value is -2.19. The maximum Gasteiger partial charge on any atom is 0.337 e. The largest absolute Gasteiger partial charge is 0.467 e. The highest BCUT2D eigenvalue weighted by molar-refractivity contribution is 5.75. The highest BCUT2D eigenvalue weighted by atomic mass is 16.5. The highest BCUT2D eigenvalue weighted by Gasteiger charge is 2.27. The third kappa shape index (κ3) is 1.98. The summed E-state index contributed by atoms with van der Waals surface area (Å²) in [6.45, 7) is 0. The van der Waals surface area contributed by atoms with E-state index >= 15 is 0 Å². The molecule has 2 heterocycles. The average molecular weight is 253 g/mol. The normalized spacial score (nSPS) is 14.4. The molecule has 3 N–H and O–H groups in total. The number of fused-ring (bicyclic) bond motifs is 1. The minimum absolute atomic E-state index is 0.192. The Morgan fingerprint density at radius 3 is 2.89 bits per heavy atom. The lowest BCUT2D eigenvalue weighted by molar-refractivity contribution is -0.156. The molecule has 0 fully saturated rings. The van der Waals surface area contributed by atoms with E-state index in [1.54, 1.807) is 0 Å². The van der Waals surface area contributed by atoms with E-state index in [0.717, 1.165) is 7.11 Å². The van der Waals surface area contributed by atoms with Gasteiger partial charge in [-0.15, -0.1) is 0 Å². The molecule has 0 amide bonds. The molecule has 0 radical (unpaired) electrons. The molecule has 8 heteroatoms. The second-order valence-electron chi connectivity index (χ2n) is 3.63. The van der Waals surface area contributed by atoms with Gasteiger partial charge in [-0.3, -0.25) is 4.79 Å². The number of rotatable bonds is 3. The van der Waals surface area contributed by atoms with Crippen LogP contribution in [0.4, 0.5) is 0 Å². The van der Waals surface area contributed by atoms with Crippen LogP contribution in [0.5, 0.6) is 0 Å². The number of aromatic nitrogens is 3. The van der Waals surface area contributed by atoms with Gasteiger partial charge in [0.1, 0.15) is 17.9 Å². The summed E-state index contributed by atoms with van der Waals surface area (Å²) in [5.41, 5.74) is -0.00303. The van der Waals surface area contributed by atoms with Crippen molar-refractivity contribution >= 4 is 11.5 Å². The zero-order valence-electron chi connectivity index (χ0n) is 9.40. The summed E-state index contributed by atoms with van der Waals surface area (Å²) in [7, 11) is 1.10. The minimum Gasteiger partial charge on any atom is -0.467 e.